The summed E-state index contributed by atoms with van der Waals surface area (Å²) in [5, 5.41) is 25.1. The predicted octanol–water partition coefficient (Wildman–Crippen LogP) is 0.959. The molecule has 0 spiro atoms. The summed E-state index contributed by atoms with van der Waals surface area (Å²) >= 11 is 0. The third kappa shape index (κ3) is 4.54. The van der Waals surface area contributed by atoms with Gasteiger partial charge in [0.15, 0.2) is 18.2 Å². The quantitative estimate of drug-likeness (QED) is 0.377. The van der Waals surface area contributed by atoms with Crippen molar-refractivity contribution in [3.05, 3.63) is 47.0 Å². The van der Waals surface area contributed by atoms with Crippen LogP contribution in [0.15, 0.2) is 30.3 Å². The molecule has 37 heavy (non-hydrogen) atoms. The van der Waals surface area contributed by atoms with Crippen LogP contribution in [0.1, 0.15) is 29.0 Å². The SMILES string of the molecule is N#Cc1cccc2c1CC(CNCCC1(CN)CN(c3ccc4c(n3)NC(=O)CO4)C(=O)O1)C2C(=O)O. The average molecular weight is 507 g/mol. The number of nitrogens with zero attached hydrogens (tertiary/aromatic N) is 3. The largest absolute Gasteiger partial charge is 0.481 e. The number of carbonyl (C=O) groups is 3. The number of benzene rings is 1. The first kappa shape index (κ1) is 24.5. The van der Waals surface area contributed by atoms with Crippen molar-refractivity contribution in [1.29, 1.82) is 5.26 Å². The number of aromatic nitrogens is 1. The Morgan fingerprint density at radius 1 is 1.35 bits per heavy atom. The van der Waals surface area contributed by atoms with E-state index >= 15 is 0 Å². The van der Waals surface area contributed by atoms with Gasteiger partial charge in [0.1, 0.15) is 11.4 Å². The van der Waals surface area contributed by atoms with Crippen LogP contribution in [0.4, 0.5) is 16.4 Å². The molecule has 0 saturated carbocycles. The molecule has 3 aliphatic rings. The van der Waals surface area contributed by atoms with Crippen molar-refractivity contribution in [3.8, 4) is 11.8 Å². The molecule has 1 saturated heterocycles. The lowest BCUT2D eigenvalue weighted by molar-refractivity contribution is -0.139. The molecule has 192 valence electrons. The van der Waals surface area contributed by atoms with Gasteiger partial charge in [-0.25, -0.2) is 9.78 Å². The number of cyclic esters (lactones) is 1. The molecule has 2 aromatic rings. The van der Waals surface area contributed by atoms with Gasteiger partial charge in [0.2, 0.25) is 0 Å². The lowest BCUT2D eigenvalue weighted by Gasteiger charge is -2.26. The Morgan fingerprint density at radius 3 is 2.95 bits per heavy atom. The second kappa shape index (κ2) is 9.68. The number of fused-ring (bicyclic) bond motifs is 2. The number of ether oxygens (including phenoxy) is 2. The van der Waals surface area contributed by atoms with E-state index in [1.807, 2.05) is 0 Å². The summed E-state index contributed by atoms with van der Waals surface area (Å²) in [6.07, 6.45) is 0.303. The number of aliphatic carboxylic acids is 1. The number of carboxylic acid groups (broad SMARTS) is 1. The van der Waals surface area contributed by atoms with Gasteiger partial charge >= 0.3 is 12.1 Å². The van der Waals surface area contributed by atoms with Gasteiger partial charge in [0.05, 0.1) is 24.1 Å². The highest BCUT2D eigenvalue weighted by molar-refractivity contribution is 5.95. The number of hydrogen-bond acceptors (Lipinski definition) is 9. The molecule has 0 radical (unpaired) electrons. The van der Waals surface area contributed by atoms with E-state index in [0.717, 1.165) is 5.56 Å². The highest BCUT2D eigenvalue weighted by atomic mass is 16.6. The normalized spacial score (nSPS) is 23.9. The van der Waals surface area contributed by atoms with Gasteiger partial charge in [-0.1, -0.05) is 12.1 Å². The fourth-order valence-corrected chi connectivity index (χ4v) is 5.23. The van der Waals surface area contributed by atoms with Gasteiger partial charge in [0, 0.05) is 13.0 Å². The monoisotopic (exact) mass is 506 g/mol. The molecule has 3 heterocycles. The van der Waals surface area contributed by atoms with Crippen molar-refractivity contribution < 1.29 is 29.0 Å². The third-order valence-electron chi connectivity index (χ3n) is 7.11. The maximum Gasteiger partial charge on any atom is 0.416 e. The summed E-state index contributed by atoms with van der Waals surface area (Å²) in [4.78, 5) is 42.0. The van der Waals surface area contributed by atoms with E-state index in [9.17, 15) is 24.8 Å². The summed E-state index contributed by atoms with van der Waals surface area (Å²) < 4.78 is 11.0. The number of anilines is 2. The summed E-state index contributed by atoms with van der Waals surface area (Å²) in [7, 11) is 0. The van der Waals surface area contributed by atoms with Gasteiger partial charge in [0.25, 0.3) is 5.91 Å². The van der Waals surface area contributed by atoms with E-state index in [1.54, 1.807) is 30.3 Å². The Balaban J connectivity index is 1.21. The van der Waals surface area contributed by atoms with E-state index < -0.39 is 23.6 Å². The van der Waals surface area contributed by atoms with E-state index in [-0.39, 0.29) is 37.3 Å². The minimum Gasteiger partial charge on any atom is -0.481 e. The Bertz CT molecular complexity index is 1310. The smallest absolute Gasteiger partial charge is 0.416 e. The van der Waals surface area contributed by atoms with Crippen molar-refractivity contribution in [2.45, 2.75) is 24.4 Å². The number of pyridine rings is 1. The molecule has 2 amide bonds. The molecule has 1 fully saturated rings. The number of carbonyl (C=O) groups excluding carboxylic acids is 2. The van der Waals surface area contributed by atoms with E-state index in [4.69, 9.17) is 15.2 Å². The summed E-state index contributed by atoms with van der Waals surface area (Å²) in [6, 6.07) is 10.6. The van der Waals surface area contributed by atoms with Crippen LogP contribution in [-0.2, 0) is 20.7 Å². The molecule has 5 N–H and O–H groups in total. The van der Waals surface area contributed by atoms with Crippen LogP contribution in [0, 0.1) is 17.2 Å². The zero-order valence-electron chi connectivity index (χ0n) is 19.9. The average Bonchev–Trinajstić information content (AvgIpc) is 3.44. The van der Waals surface area contributed by atoms with Crippen LogP contribution in [0.25, 0.3) is 0 Å². The summed E-state index contributed by atoms with van der Waals surface area (Å²) in [6.45, 7) is 1.01. The zero-order valence-corrected chi connectivity index (χ0v) is 19.9. The number of nitriles is 1. The van der Waals surface area contributed by atoms with Crippen LogP contribution in [-0.4, -0.2) is 66.4 Å². The molecular weight excluding hydrogens is 480 g/mol. The lowest BCUT2D eigenvalue weighted by Crippen LogP contribution is -2.45. The Kier molecular flexibility index (Phi) is 6.41. The standard InChI is InChI=1S/C25H26N6O6/c26-9-14-2-1-3-16-17(14)8-15(21(16)23(33)34)10-28-7-6-25(12-27)13-31(24(35)37-25)19-5-4-18-22(29-19)30-20(32)11-36-18/h1-5,15,21,28H,6-8,10-13,27H2,(H,33,34)(H,29,30,32). The van der Waals surface area contributed by atoms with Crippen molar-refractivity contribution in [2.24, 2.45) is 11.7 Å². The van der Waals surface area contributed by atoms with Gasteiger partial charge in [-0.3, -0.25) is 14.5 Å². The lowest BCUT2D eigenvalue weighted by atomic mass is 9.92. The molecule has 12 nitrogen and oxygen atoms in total. The molecule has 3 unspecified atom stereocenters. The third-order valence-corrected chi connectivity index (χ3v) is 7.11. The number of amides is 2. The van der Waals surface area contributed by atoms with Crippen LogP contribution in [0.3, 0.4) is 0 Å². The van der Waals surface area contributed by atoms with Gasteiger partial charge in [-0.05, 0) is 54.8 Å². The number of nitrogens with one attached hydrogen (secondary N) is 2. The maximum absolute atomic E-state index is 12.7. The predicted molar refractivity (Wildman–Crippen MR) is 130 cm³/mol. The van der Waals surface area contributed by atoms with Crippen LogP contribution in [0.2, 0.25) is 0 Å². The highest BCUT2D eigenvalue weighted by Gasteiger charge is 2.45. The van der Waals surface area contributed by atoms with Gasteiger partial charge in [-0.2, -0.15) is 5.26 Å². The first-order chi connectivity index (χ1) is 17.8. The zero-order chi connectivity index (χ0) is 26.2. The fraction of sp³-hybridized carbons (Fsp3) is 0.400. The van der Waals surface area contributed by atoms with Crippen molar-refractivity contribution in [1.82, 2.24) is 10.3 Å². The molecule has 12 heteroatoms. The number of nitrogens with two attached hydrogens (primary N) is 1. The minimum absolute atomic E-state index is 0.0832. The van der Waals surface area contributed by atoms with Gasteiger partial charge in [-0.15, -0.1) is 0 Å². The van der Waals surface area contributed by atoms with Crippen LogP contribution < -0.4 is 26.0 Å². The second-order valence-electron chi connectivity index (χ2n) is 9.41. The maximum atomic E-state index is 12.7. The van der Waals surface area contributed by atoms with Crippen molar-refractivity contribution in [2.75, 3.05) is 43.0 Å². The highest BCUT2D eigenvalue weighted by Crippen LogP contribution is 2.39. The molecule has 1 aliphatic carbocycles. The number of carboxylic acids is 1. The van der Waals surface area contributed by atoms with Crippen molar-refractivity contribution in [3.63, 3.8) is 0 Å². The van der Waals surface area contributed by atoms with E-state index in [2.05, 4.69) is 21.7 Å². The Hall–Kier alpha value is -4.21. The van der Waals surface area contributed by atoms with Crippen LogP contribution in [0.5, 0.6) is 5.75 Å². The topological polar surface area (TPSA) is 180 Å². The fourth-order valence-electron chi connectivity index (χ4n) is 5.23. The van der Waals surface area contributed by atoms with E-state index in [0.29, 0.717) is 48.6 Å². The molecule has 0 bridgehead atoms. The first-order valence-electron chi connectivity index (χ1n) is 11.9. The molecule has 2 aliphatic heterocycles. The van der Waals surface area contributed by atoms with Crippen molar-refractivity contribution >= 4 is 29.6 Å². The second-order valence-corrected chi connectivity index (χ2v) is 9.41. The molecule has 1 aromatic heterocycles. The first-order valence-corrected chi connectivity index (χ1v) is 11.9. The Morgan fingerprint density at radius 2 is 2.19 bits per heavy atom. The molecular formula is C25H26N6O6. The van der Waals surface area contributed by atoms with Crippen LogP contribution >= 0.6 is 0 Å². The summed E-state index contributed by atoms with van der Waals surface area (Å²) in [5.41, 5.74) is 7.05. The minimum atomic E-state index is -0.958. The number of hydrogen-bond donors (Lipinski definition) is 4. The molecule has 1 aromatic carbocycles. The van der Waals surface area contributed by atoms with E-state index in [1.165, 1.54) is 4.90 Å². The molecule has 5 rings (SSSR count). The number of rotatable bonds is 8. The molecule has 3 atom stereocenters. The Labute approximate surface area is 212 Å². The summed E-state index contributed by atoms with van der Waals surface area (Å²) in [5.74, 6) is -1.20. The van der Waals surface area contributed by atoms with Gasteiger partial charge < -0.3 is 30.9 Å².